The Bertz CT molecular complexity index is 4260. The fourth-order valence-corrected chi connectivity index (χ4v) is 10.9. The first-order valence-electron chi connectivity index (χ1n) is 23.3. The molecule has 0 unspecified atom stereocenters. The topological polar surface area (TPSA) is 38.7 Å². The van der Waals surface area contributed by atoms with Gasteiger partial charge in [-0.2, -0.15) is 0 Å². The van der Waals surface area contributed by atoms with E-state index in [4.69, 9.17) is 15.0 Å². The van der Waals surface area contributed by atoms with Gasteiger partial charge in [0.25, 0.3) is 0 Å². The maximum atomic E-state index is 5.51. The summed E-state index contributed by atoms with van der Waals surface area (Å²) in [4.78, 5) is 16.5. The lowest BCUT2D eigenvalue weighted by atomic mass is 9.89. The quantitative estimate of drug-likeness (QED) is 0.162. The maximum absolute atomic E-state index is 5.51. The molecule has 0 fully saturated rings. The van der Waals surface area contributed by atoms with Crippen LogP contribution in [0.25, 0.3) is 143 Å². The molecule has 14 rings (SSSR count). The van der Waals surface area contributed by atoms with E-state index in [9.17, 15) is 0 Å². The number of benzene rings is 12. The van der Waals surface area contributed by atoms with E-state index in [-0.39, 0.29) is 0 Å². The second-order valence-electron chi connectivity index (χ2n) is 17.8. The van der Waals surface area contributed by atoms with Crippen molar-refractivity contribution < 1.29 is 0 Å². The Labute approximate surface area is 392 Å². The molecule has 0 N–H and O–H groups in total. The predicted octanol–water partition coefficient (Wildman–Crippen LogP) is 17.4. The average Bonchev–Trinajstić information content (AvgIpc) is 3.42. The Hall–Kier alpha value is -9.05. The highest BCUT2D eigenvalue weighted by molar-refractivity contribution is 6.33. The van der Waals surface area contributed by atoms with Crippen LogP contribution in [0.3, 0.4) is 0 Å². The molecule has 0 bridgehead atoms. The number of fused-ring (bicyclic) bond motifs is 14. The summed E-state index contributed by atoms with van der Waals surface area (Å²) in [5.74, 6) is 0.693. The van der Waals surface area contributed by atoms with Crippen LogP contribution in [-0.4, -0.2) is 15.0 Å². The molecular weight excluding hydrogens is 823 g/mol. The van der Waals surface area contributed by atoms with Gasteiger partial charge in [0, 0.05) is 38.4 Å². The molecule has 0 aliphatic carbocycles. The van der Waals surface area contributed by atoms with E-state index in [1.165, 1.54) is 59.2 Å². The lowest BCUT2D eigenvalue weighted by Gasteiger charge is -2.17. The molecule has 0 radical (unpaired) electrons. The number of nitrogens with zero attached hydrogens (tertiary/aromatic N) is 3. The fraction of sp³-hybridized carbons (Fsp3) is 0. The summed E-state index contributed by atoms with van der Waals surface area (Å²) in [7, 11) is 0. The van der Waals surface area contributed by atoms with Crippen molar-refractivity contribution in [1.29, 1.82) is 0 Å². The molecule has 314 valence electrons. The SMILES string of the molecule is c1cc(-c2cccc(-c3nc4ccccc4c4c5ccccc5c5ccccc5c34)c2)cc(-c2cc(-c3cc4ccccc4c4ccccc34)nc(-c3cc4ccccc4c4ccccc34)n2)c1. The maximum Gasteiger partial charge on any atom is 0.161 e. The highest BCUT2D eigenvalue weighted by atomic mass is 14.9. The van der Waals surface area contributed by atoms with Crippen LogP contribution in [0, 0.1) is 0 Å². The molecule has 0 saturated carbocycles. The molecular formula is C65H39N3. The zero-order chi connectivity index (χ0) is 44.7. The Morgan fingerprint density at radius 1 is 0.235 bits per heavy atom. The van der Waals surface area contributed by atoms with Crippen LogP contribution < -0.4 is 0 Å². The van der Waals surface area contributed by atoms with Gasteiger partial charge in [0.15, 0.2) is 5.82 Å². The summed E-state index contributed by atoms with van der Waals surface area (Å²) in [5, 5.41) is 17.9. The highest BCUT2D eigenvalue weighted by Crippen LogP contribution is 2.44. The molecule has 2 aromatic heterocycles. The van der Waals surface area contributed by atoms with Gasteiger partial charge >= 0.3 is 0 Å². The summed E-state index contributed by atoms with van der Waals surface area (Å²) in [6, 6.07) is 85.2. The standard InChI is InChI=1S/C65H39N3/c1-3-23-46-42(17-1)37-57(52-29-7-5-25-48(46)52)61-39-60(67-65(68-61)58-38-43-18-2-4-24-47(43)49-26-6-8-30-53(49)58)44-21-15-19-40(35-44)41-20-16-22-45(36-41)64-63-55-32-12-10-28-51(55)50-27-9-11-31-54(50)62(63)56-33-13-14-34-59(56)66-64/h1-39H. The summed E-state index contributed by atoms with van der Waals surface area (Å²) >= 11 is 0. The average molecular weight is 862 g/mol. The lowest BCUT2D eigenvalue weighted by molar-refractivity contribution is 1.19. The minimum Gasteiger partial charge on any atom is -0.247 e. The molecule has 68 heavy (non-hydrogen) atoms. The van der Waals surface area contributed by atoms with Crippen molar-refractivity contribution >= 4 is 86.3 Å². The Morgan fingerprint density at radius 3 is 1.29 bits per heavy atom. The first kappa shape index (κ1) is 38.2. The minimum atomic E-state index is 0.693. The van der Waals surface area contributed by atoms with E-state index in [0.717, 1.165) is 77.5 Å². The number of pyridine rings is 1. The van der Waals surface area contributed by atoms with Crippen LogP contribution >= 0.6 is 0 Å². The number of hydrogen-bond acceptors (Lipinski definition) is 3. The minimum absolute atomic E-state index is 0.693. The Morgan fingerprint density at radius 2 is 0.662 bits per heavy atom. The molecule has 3 nitrogen and oxygen atoms in total. The molecule has 2 heterocycles. The molecule has 0 aliphatic heterocycles. The molecule has 0 aliphatic rings. The van der Waals surface area contributed by atoms with Crippen molar-refractivity contribution in [2.45, 2.75) is 0 Å². The summed E-state index contributed by atoms with van der Waals surface area (Å²) in [6.45, 7) is 0. The number of hydrogen-bond donors (Lipinski definition) is 0. The van der Waals surface area contributed by atoms with Crippen molar-refractivity contribution in [3.05, 3.63) is 237 Å². The van der Waals surface area contributed by atoms with Crippen molar-refractivity contribution in [2.24, 2.45) is 0 Å². The van der Waals surface area contributed by atoms with Crippen LogP contribution in [0.4, 0.5) is 0 Å². The molecule has 3 heteroatoms. The third-order valence-corrected chi connectivity index (χ3v) is 14.0. The highest BCUT2D eigenvalue weighted by Gasteiger charge is 2.20. The van der Waals surface area contributed by atoms with Crippen LogP contribution in [0.15, 0.2) is 237 Å². The van der Waals surface area contributed by atoms with E-state index < -0.39 is 0 Å². The zero-order valence-corrected chi connectivity index (χ0v) is 36.9. The van der Waals surface area contributed by atoms with Gasteiger partial charge in [-0.25, -0.2) is 15.0 Å². The van der Waals surface area contributed by atoms with Crippen LogP contribution in [0.5, 0.6) is 0 Å². The molecule has 14 aromatic rings. The fourth-order valence-electron chi connectivity index (χ4n) is 10.9. The number of rotatable bonds is 5. The largest absolute Gasteiger partial charge is 0.247 e. The van der Waals surface area contributed by atoms with Crippen molar-refractivity contribution in [2.75, 3.05) is 0 Å². The zero-order valence-electron chi connectivity index (χ0n) is 36.9. The van der Waals surface area contributed by atoms with Crippen molar-refractivity contribution in [3.8, 4) is 56.3 Å². The monoisotopic (exact) mass is 861 g/mol. The van der Waals surface area contributed by atoms with Gasteiger partial charge in [-0.3, -0.25) is 0 Å². The van der Waals surface area contributed by atoms with E-state index in [2.05, 4.69) is 237 Å². The summed E-state index contributed by atoms with van der Waals surface area (Å²) < 4.78 is 0. The summed E-state index contributed by atoms with van der Waals surface area (Å²) in [6.07, 6.45) is 0. The molecule has 0 atom stereocenters. The molecule has 12 aromatic carbocycles. The smallest absolute Gasteiger partial charge is 0.161 e. The predicted molar refractivity (Wildman–Crippen MR) is 287 cm³/mol. The lowest BCUT2D eigenvalue weighted by Crippen LogP contribution is -1.98. The van der Waals surface area contributed by atoms with E-state index in [1.54, 1.807) is 0 Å². The third kappa shape index (κ3) is 6.03. The molecule has 0 spiro atoms. The van der Waals surface area contributed by atoms with Gasteiger partial charge in [0.1, 0.15) is 0 Å². The third-order valence-electron chi connectivity index (χ3n) is 14.0. The van der Waals surface area contributed by atoms with E-state index in [1.807, 2.05) is 0 Å². The van der Waals surface area contributed by atoms with Gasteiger partial charge in [-0.05, 0) is 112 Å². The van der Waals surface area contributed by atoms with Gasteiger partial charge in [0.2, 0.25) is 0 Å². The number of aromatic nitrogens is 3. The van der Waals surface area contributed by atoms with E-state index >= 15 is 0 Å². The Kier molecular flexibility index (Phi) is 8.59. The van der Waals surface area contributed by atoms with Gasteiger partial charge in [0.05, 0.1) is 22.6 Å². The Balaban J connectivity index is 0.979. The van der Waals surface area contributed by atoms with Crippen LogP contribution in [-0.2, 0) is 0 Å². The first-order chi connectivity index (χ1) is 33.7. The first-order valence-corrected chi connectivity index (χ1v) is 23.3. The van der Waals surface area contributed by atoms with Gasteiger partial charge in [-0.1, -0.05) is 200 Å². The molecule has 0 amide bonds. The van der Waals surface area contributed by atoms with Crippen molar-refractivity contribution in [1.82, 2.24) is 15.0 Å². The van der Waals surface area contributed by atoms with Gasteiger partial charge < -0.3 is 0 Å². The van der Waals surface area contributed by atoms with Crippen LogP contribution in [0.2, 0.25) is 0 Å². The second-order valence-corrected chi connectivity index (χ2v) is 17.8. The van der Waals surface area contributed by atoms with Crippen LogP contribution in [0.1, 0.15) is 0 Å². The van der Waals surface area contributed by atoms with E-state index in [0.29, 0.717) is 5.82 Å². The normalized spacial score (nSPS) is 11.8. The summed E-state index contributed by atoms with van der Waals surface area (Å²) in [5.41, 5.74) is 10.1. The van der Waals surface area contributed by atoms with Gasteiger partial charge in [-0.15, -0.1) is 0 Å². The van der Waals surface area contributed by atoms with Crippen molar-refractivity contribution in [3.63, 3.8) is 0 Å². The number of para-hydroxylation sites is 1. The second kappa shape index (κ2) is 15.3. The molecule has 0 saturated heterocycles.